The van der Waals surface area contributed by atoms with E-state index in [2.05, 4.69) is 32.3 Å². The molecule has 96 valence electrons. The summed E-state index contributed by atoms with van der Waals surface area (Å²) >= 11 is 3.16. The lowest BCUT2D eigenvalue weighted by Crippen LogP contribution is -1.81. The van der Waals surface area contributed by atoms with E-state index in [0.717, 1.165) is 31.5 Å². The molecule has 0 aromatic carbocycles. The highest BCUT2D eigenvalue weighted by Gasteiger charge is 2.10. The van der Waals surface area contributed by atoms with Crippen LogP contribution in [0.15, 0.2) is 48.1 Å². The third-order valence-electron chi connectivity index (χ3n) is 2.87. The number of aromatic nitrogens is 4. The number of fused-ring (bicyclic) bond motifs is 1. The van der Waals surface area contributed by atoms with Gasteiger partial charge in [0.05, 0.1) is 0 Å². The molecule has 4 nitrogen and oxygen atoms in total. The molecule has 0 N–H and O–H groups in total. The van der Waals surface area contributed by atoms with Gasteiger partial charge >= 0.3 is 0 Å². The maximum absolute atomic E-state index is 4.62. The molecule has 4 heterocycles. The van der Waals surface area contributed by atoms with Gasteiger partial charge in [-0.05, 0) is 35.7 Å². The number of nitrogens with zero attached hydrogens (tertiary/aromatic N) is 4. The molecular weight excluding hydrogens is 288 g/mol. The van der Waals surface area contributed by atoms with Crippen LogP contribution >= 0.6 is 22.7 Å². The van der Waals surface area contributed by atoms with E-state index in [1.807, 2.05) is 23.6 Å². The number of rotatable bonds is 2. The van der Waals surface area contributed by atoms with Crippen LogP contribution in [0.1, 0.15) is 0 Å². The van der Waals surface area contributed by atoms with E-state index in [0.29, 0.717) is 0 Å². The summed E-state index contributed by atoms with van der Waals surface area (Å²) in [4.78, 5) is 9.75. The van der Waals surface area contributed by atoms with Crippen LogP contribution in [0, 0.1) is 0 Å². The number of pyridine rings is 2. The molecule has 0 aliphatic rings. The fourth-order valence-electron chi connectivity index (χ4n) is 1.90. The molecule has 4 rings (SSSR count). The van der Waals surface area contributed by atoms with Crippen molar-refractivity contribution in [2.75, 3.05) is 0 Å². The lowest BCUT2D eigenvalue weighted by atomic mass is 10.3. The van der Waals surface area contributed by atoms with Crippen molar-refractivity contribution < 1.29 is 0 Å². The second kappa shape index (κ2) is 4.73. The van der Waals surface area contributed by atoms with Gasteiger partial charge in [-0.25, -0.2) is 4.98 Å². The molecule has 0 amide bonds. The molecule has 0 spiro atoms. The molecule has 0 aliphatic carbocycles. The Morgan fingerprint density at radius 1 is 0.950 bits per heavy atom. The minimum atomic E-state index is 0.833. The Bertz CT molecular complexity index is 867. The quantitative estimate of drug-likeness (QED) is 0.563. The zero-order chi connectivity index (χ0) is 13.4. The average Bonchev–Trinajstić information content (AvgIpc) is 3.16. The normalized spacial score (nSPS) is 11.0. The summed E-state index contributed by atoms with van der Waals surface area (Å²) in [6.07, 6.45) is 3.54. The van der Waals surface area contributed by atoms with E-state index < -0.39 is 0 Å². The molecule has 0 saturated heterocycles. The highest BCUT2D eigenvalue weighted by atomic mass is 32.1. The summed E-state index contributed by atoms with van der Waals surface area (Å²) in [5.41, 5.74) is 1.85. The van der Waals surface area contributed by atoms with Crippen molar-refractivity contribution >= 4 is 32.9 Å². The van der Waals surface area contributed by atoms with Gasteiger partial charge in [0.25, 0.3) is 0 Å². The van der Waals surface area contributed by atoms with Gasteiger partial charge in [-0.1, -0.05) is 11.3 Å². The summed E-state index contributed by atoms with van der Waals surface area (Å²) in [6.45, 7) is 0. The first-order chi connectivity index (χ1) is 9.90. The smallest absolute Gasteiger partial charge is 0.166 e. The van der Waals surface area contributed by atoms with E-state index in [-0.39, 0.29) is 0 Å². The summed E-state index contributed by atoms with van der Waals surface area (Å²) in [5.74, 6) is 0. The molecule has 0 saturated carbocycles. The van der Waals surface area contributed by atoms with Crippen LogP contribution in [-0.4, -0.2) is 20.2 Å². The lowest BCUT2D eigenvalue weighted by molar-refractivity contribution is 1.09. The van der Waals surface area contributed by atoms with E-state index in [1.165, 1.54) is 11.3 Å². The fourth-order valence-corrected chi connectivity index (χ4v) is 3.47. The van der Waals surface area contributed by atoms with Crippen LogP contribution < -0.4 is 0 Å². The average molecular weight is 296 g/mol. The standard InChI is InChI=1S/C14H8N4S2/c1-2-10(8-15-6-1)13-17-18-14(20-13)11-4-3-9-5-7-19-12(9)16-11/h1-8H. The Labute approximate surface area is 122 Å². The van der Waals surface area contributed by atoms with Gasteiger partial charge in [0.15, 0.2) is 5.01 Å². The molecule has 0 aliphatic heterocycles. The van der Waals surface area contributed by atoms with Gasteiger partial charge in [0.1, 0.15) is 15.5 Å². The van der Waals surface area contributed by atoms with Gasteiger partial charge < -0.3 is 0 Å². The molecule has 20 heavy (non-hydrogen) atoms. The number of hydrogen-bond donors (Lipinski definition) is 0. The van der Waals surface area contributed by atoms with Crippen molar-refractivity contribution in [1.82, 2.24) is 20.2 Å². The van der Waals surface area contributed by atoms with Crippen LogP contribution in [0.3, 0.4) is 0 Å². The zero-order valence-corrected chi connectivity index (χ0v) is 11.9. The SMILES string of the molecule is c1cncc(-c2nnc(-c3ccc4ccsc4n3)s2)c1. The third kappa shape index (κ3) is 1.99. The molecular formula is C14H8N4S2. The first-order valence-corrected chi connectivity index (χ1v) is 7.68. The Kier molecular flexibility index (Phi) is 2.75. The first kappa shape index (κ1) is 11.6. The largest absolute Gasteiger partial charge is 0.264 e. The highest BCUT2D eigenvalue weighted by molar-refractivity contribution is 7.18. The highest BCUT2D eigenvalue weighted by Crippen LogP contribution is 2.30. The lowest BCUT2D eigenvalue weighted by Gasteiger charge is -1.94. The molecule has 0 atom stereocenters. The van der Waals surface area contributed by atoms with Crippen molar-refractivity contribution in [1.29, 1.82) is 0 Å². The van der Waals surface area contributed by atoms with Gasteiger partial charge in [-0.2, -0.15) is 0 Å². The Balaban J connectivity index is 1.77. The molecule has 0 radical (unpaired) electrons. The Hall–Kier alpha value is -2.18. The van der Waals surface area contributed by atoms with Gasteiger partial charge in [0.2, 0.25) is 0 Å². The monoisotopic (exact) mass is 296 g/mol. The van der Waals surface area contributed by atoms with Gasteiger partial charge in [-0.3, -0.25) is 4.98 Å². The van der Waals surface area contributed by atoms with Crippen LogP contribution in [-0.2, 0) is 0 Å². The summed E-state index contributed by atoms with van der Waals surface area (Å²) in [6, 6.07) is 10.00. The van der Waals surface area contributed by atoms with Crippen LogP contribution in [0.2, 0.25) is 0 Å². The minimum absolute atomic E-state index is 0.833. The molecule has 0 fully saturated rings. The van der Waals surface area contributed by atoms with Crippen LogP contribution in [0.5, 0.6) is 0 Å². The third-order valence-corrected chi connectivity index (χ3v) is 4.69. The number of hydrogen-bond acceptors (Lipinski definition) is 6. The van der Waals surface area contributed by atoms with E-state index in [9.17, 15) is 0 Å². The van der Waals surface area contributed by atoms with Crippen molar-refractivity contribution in [2.24, 2.45) is 0 Å². The number of thiophene rings is 1. The van der Waals surface area contributed by atoms with Crippen LogP contribution in [0.25, 0.3) is 31.5 Å². The van der Waals surface area contributed by atoms with Crippen molar-refractivity contribution in [3.8, 4) is 21.3 Å². The molecule has 6 heteroatoms. The second-order valence-electron chi connectivity index (χ2n) is 4.17. The van der Waals surface area contributed by atoms with E-state index >= 15 is 0 Å². The molecule has 0 bridgehead atoms. The summed E-state index contributed by atoms with van der Waals surface area (Å²) in [7, 11) is 0. The second-order valence-corrected chi connectivity index (χ2v) is 6.04. The van der Waals surface area contributed by atoms with Crippen molar-refractivity contribution in [2.45, 2.75) is 0 Å². The molecule has 4 aromatic heterocycles. The Morgan fingerprint density at radius 2 is 1.90 bits per heavy atom. The molecule has 0 unspecified atom stereocenters. The van der Waals surface area contributed by atoms with E-state index in [4.69, 9.17) is 0 Å². The maximum Gasteiger partial charge on any atom is 0.166 e. The summed E-state index contributed by atoms with van der Waals surface area (Å²) in [5, 5.41) is 13.4. The summed E-state index contributed by atoms with van der Waals surface area (Å²) < 4.78 is 0. The Morgan fingerprint density at radius 3 is 2.80 bits per heavy atom. The maximum atomic E-state index is 4.62. The zero-order valence-electron chi connectivity index (χ0n) is 10.2. The van der Waals surface area contributed by atoms with Gasteiger partial charge in [-0.15, -0.1) is 21.5 Å². The van der Waals surface area contributed by atoms with Crippen molar-refractivity contribution in [3.63, 3.8) is 0 Å². The predicted molar refractivity (Wildman–Crippen MR) is 81.8 cm³/mol. The predicted octanol–water partition coefficient (Wildman–Crippen LogP) is 3.88. The van der Waals surface area contributed by atoms with Crippen molar-refractivity contribution in [3.05, 3.63) is 48.1 Å². The van der Waals surface area contributed by atoms with Gasteiger partial charge in [0, 0.05) is 23.3 Å². The van der Waals surface area contributed by atoms with E-state index in [1.54, 1.807) is 23.7 Å². The molecule has 4 aromatic rings. The fraction of sp³-hybridized carbons (Fsp3) is 0. The first-order valence-electron chi connectivity index (χ1n) is 5.99. The minimum Gasteiger partial charge on any atom is -0.264 e. The van der Waals surface area contributed by atoms with Crippen LogP contribution in [0.4, 0.5) is 0 Å². The topological polar surface area (TPSA) is 51.6 Å².